The monoisotopic (exact) mass is 515 g/mol. The van der Waals surface area contributed by atoms with Crippen molar-refractivity contribution in [2.75, 3.05) is 17.1 Å². The van der Waals surface area contributed by atoms with E-state index in [1.54, 1.807) is 11.0 Å². The topological polar surface area (TPSA) is 86.8 Å². The second kappa shape index (κ2) is 12.9. The molecule has 1 atom stereocenters. The number of nitrogens with one attached hydrogen (secondary N) is 1. The Kier molecular flexibility index (Phi) is 10.5. The van der Waals surface area contributed by atoms with Crippen molar-refractivity contribution in [3.05, 3.63) is 64.7 Å². The Hall–Kier alpha value is -2.87. The van der Waals surface area contributed by atoms with Gasteiger partial charge in [-0.15, -0.1) is 0 Å². The Morgan fingerprint density at radius 1 is 1.03 bits per heavy atom. The molecule has 0 aromatic heterocycles. The molecule has 7 nitrogen and oxygen atoms in total. The van der Waals surface area contributed by atoms with Crippen molar-refractivity contribution in [1.29, 1.82) is 0 Å². The lowest BCUT2D eigenvalue weighted by atomic mass is 10.1. The first-order valence-corrected chi connectivity index (χ1v) is 14.4. The lowest BCUT2D eigenvalue weighted by Gasteiger charge is -2.32. The molecule has 2 rings (SSSR count). The molecule has 0 heterocycles. The second-order valence-corrected chi connectivity index (χ2v) is 11.7. The summed E-state index contributed by atoms with van der Waals surface area (Å²) >= 11 is 0. The molecule has 1 unspecified atom stereocenters. The van der Waals surface area contributed by atoms with Gasteiger partial charge in [0.15, 0.2) is 0 Å². The highest BCUT2D eigenvalue weighted by atomic mass is 32.2. The summed E-state index contributed by atoms with van der Waals surface area (Å²) in [4.78, 5) is 28.1. The fraction of sp³-hybridized carbons (Fsp3) is 0.500. The maximum Gasteiger partial charge on any atom is 0.243 e. The number of hydrogen-bond acceptors (Lipinski definition) is 4. The number of rotatable bonds is 12. The Morgan fingerprint density at radius 3 is 2.28 bits per heavy atom. The highest BCUT2D eigenvalue weighted by Gasteiger charge is 2.29. The summed E-state index contributed by atoms with van der Waals surface area (Å²) in [5.41, 5.74) is 4.56. The minimum atomic E-state index is -3.53. The van der Waals surface area contributed by atoms with E-state index in [9.17, 15) is 18.0 Å². The van der Waals surface area contributed by atoms with Gasteiger partial charge in [-0.05, 0) is 70.2 Å². The predicted molar refractivity (Wildman–Crippen MR) is 146 cm³/mol. The van der Waals surface area contributed by atoms with Crippen molar-refractivity contribution in [3.8, 4) is 0 Å². The van der Waals surface area contributed by atoms with Gasteiger partial charge in [-0.2, -0.15) is 0 Å². The van der Waals surface area contributed by atoms with Crippen LogP contribution in [0.5, 0.6) is 0 Å². The molecule has 0 saturated carbocycles. The summed E-state index contributed by atoms with van der Waals surface area (Å²) in [6.45, 7) is 12.0. The van der Waals surface area contributed by atoms with Gasteiger partial charge in [0, 0.05) is 25.6 Å². The molecular formula is C28H41N3O4S. The Bertz CT molecular complexity index is 1160. The van der Waals surface area contributed by atoms with Gasteiger partial charge in [-0.1, -0.05) is 48.9 Å². The molecule has 8 heteroatoms. The number of hydrogen-bond donors (Lipinski definition) is 1. The Balaban J connectivity index is 2.25. The quantitative estimate of drug-likeness (QED) is 0.451. The number of nitrogens with zero attached hydrogens (tertiary/aromatic N) is 2. The largest absolute Gasteiger partial charge is 0.352 e. The fourth-order valence-electron chi connectivity index (χ4n) is 4.30. The standard InChI is InChI=1S/C28H41N3O4S/c1-8-25(28(33)29-20(2)3)30(19-24-14-9-12-21(4)18-24)27(32)16-11-17-31(36(7,34)35)26-15-10-13-22(5)23(26)6/h9-10,12-15,18,20,25H,8,11,16-17,19H2,1-7H3,(H,29,33). The van der Waals surface area contributed by atoms with E-state index in [-0.39, 0.29) is 30.8 Å². The zero-order valence-corrected chi connectivity index (χ0v) is 23.5. The van der Waals surface area contributed by atoms with Crippen LogP contribution in [0.15, 0.2) is 42.5 Å². The van der Waals surface area contributed by atoms with Gasteiger partial charge in [-0.25, -0.2) is 8.42 Å². The summed E-state index contributed by atoms with van der Waals surface area (Å²) in [7, 11) is -3.53. The minimum Gasteiger partial charge on any atom is -0.352 e. The maximum absolute atomic E-state index is 13.5. The summed E-state index contributed by atoms with van der Waals surface area (Å²) in [6.07, 6.45) is 2.14. The molecule has 198 valence electrons. The number of sulfonamides is 1. The molecule has 2 aromatic carbocycles. The molecule has 1 N–H and O–H groups in total. The average molecular weight is 516 g/mol. The fourth-order valence-corrected chi connectivity index (χ4v) is 5.31. The van der Waals surface area contributed by atoms with E-state index in [2.05, 4.69) is 5.32 Å². The summed E-state index contributed by atoms with van der Waals surface area (Å²) in [6, 6.07) is 12.8. The van der Waals surface area contributed by atoms with Crippen molar-refractivity contribution in [1.82, 2.24) is 10.2 Å². The smallest absolute Gasteiger partial charge is 0.243 e. The van der Waals surface area contributed by atoms with Crippen LogP contribution < -0.4 is 9.62 Å². The van der Waals surface area contributed by atoms with Crippen molar-refractivity contribution in [2.24, 2.45) is 0 Å². The predicted octanol–water partition coefficient (Wildman–Crippen LogP) is 4.49. The zero-order valence-electron chi connectivity index (χ0n) is 22.7. The zero-order chi connectivity index (χ0) is 27.0. The first-order valence-electron chi connectivity index (χ1n) is 12.5. The van der Waals surface area contributed by atoms with Crippen LogP contribution >= 0.6 is 0 Å². The van der Waals surface area contributed by atoms with Crippen LogP contribution in [0, 0.1) is 20.8 Å². The number of anilines is 1. The van der Waals surface area contributed by atoms with E-state index in [1.165, 1.54) is 10.6 Å². The normalized spacial score (nSPS) is 12.3. The van der Waals surface area contributed by atoms with Crippen LogP contribution in [0.3, 0.4) is 0 Å². The first kappa shape index (κ1) is 29.4. The van der Waals surface area contributed by atoms with Gasteiger partial charge < -0.3 is 10.2 Å². The number of benzene rings is 2. The van der Waals surface area contributed by atoms with Crippen molar-refractivity contribution in [2.45, 2.75) is 79.4 Å². The molecule has 2 amide bonds. The van der Waals surface area contributed by atoms with Gasteiger partial charge in [0.25, 0.3) is 0 Å². The van der Waals surface area contributed by atoms with Gasteiger partial charge in [0.2, 0.25) is 21.8 Å². The molecule has 0 aliphatic carbocycles. The van der Waals surface area contributed by atoms with Crippen molar-refractivity contribution in [3.63, 3.8) is 0 Å². The van der Waals surface area contributed by atoms with E-state index in [0.717, 1.165) is 22.3 Å². The lowest BCUT2D eigenvalue weighted by molar-refractivity contribution is -0.141. The first-order chi connectivity index (χ1) is 16.8. The SMILES string of the molecule is CCC(C(=O)NC(C)C)N(Cc1cccc(C)c1)C(=O)CCCN(c1cccc(C)c1C)S(C)(=O)=O. The van der Waals surface area contributed by atoms with Crippen LogP contribution in [0.25, 0.3) is 0 Å². The molecule has 0 aliphatic heterocycles. The second-order valence-electron chi connectivity index (χ2n) is 9.76. The molecular weight excluding hydrogens is 474 g/mol. The van der Waals surface area contributed by atoms with E-state index in [1.807, 2.05) is 77.9 Å². The van der Waals surface area contributed by atoms with E-state index in [4.69, 9.17) is 0 Å². The molecule has 0 radical (unpaired) electrons. The molecule has 2 aromatic rings. The number of aryl methyl sites for hydroxylation is 2. The highest BCUT2D eigenvalue weighted by Crippen LogP contribution is 2.25. The van der Waals surface area contributed by atoms with Gasteiger partial charge in [0.1, 0.15) is 6.04 Å². The molecule has 0 saturated heterocycles. The van der Waals surface area contributed by atoms with E-state index in [0.29, 0.717) is 25.1 Å². The van der Waals surface area contributed by atoms with Gasteiger partial charge in [0.05, 0.1) is 11.9 Å². The average Bonchev–Trinajstić information content (AvgIpc) is 2.77. The third-order valence-corrected chi connectivity index (χ3v) is 7.43. The van der Waals surface area contributed by atoms with Crippen molar-refractivity contribution >= 4 is 27.5 Å². The van der Waals surface area contributed by atoms with Crippen LogP contribution in [0.4, 0.5) is 5.69 Å². The number of carbonyl (C=O) groups excluding carboxylic acids is 2. The number of carbonyl (C=O) groups is 2. The third kappa shape index (κ3) is 8.08. The summed E-state index contributed by atoms with van der Waals surface area (Å²) in [5.74, 6) is -0.349. The summed E-state index contributed by atoms with van der Waals surface area (Å²) in [5, 5.41) is 2.93. The maximum atomic E-state index is 13.5. The Morgan fingerprint density at radius 2 is 1.69 bits per heavy atom. The minimum absolute atomic E-state index is 0.0386. The van der Waals surface area contributed by atoms with Crippen LogP contribution in [0.1, 0.15) is 62.3 Å². The van der Waals surface area contributed by atoms with Crippen LogP contribution in [-0.2, 0) is 26.2 Å². The van der Waals surface area contributed by atoms with Crippen LogP contribution in [0.2, 0.25) is 0 Å². The lowest BCUT2D eigenvalue weighted by Crippen LogP contribution is -2.50. The molecule has 0 spiro atoms. The van der Waals surface area contributed by atoms with Crippen LogP contribution in [-0.4, -0.2) is 50.0 Å². The molecule has 36 heavy (non-hydrogen) atoms. The molecule has 0 bridgehead atoms. The summed E-state index contributed by atoms with van der Waals surface area (Å²) < 4.78 is 26.6. The van der Waals surface area contributed by atoms with Gasteiger partial charge >= 0.3 is 0 Å². The number of amides is 2. The van der Waals surface area contributed by atoms with Crippen molar-refractivity contribution < 1.29 is 18.0 Å². The van der Waals surface area contributed by atoms with E-state index >= 15 is 0 Å². The van der Waals surface area contributed by atoms with Gasteiger partial charge in [-0.3, -0.25) is 13.9 Å². The molecule has 0 fully saturated rings. The molecule has 0 aliphatic rings. The highest BCUT2D eigenvalue weighted by molar-refractivity contribution is 7.92. The Labute approximate surface area is 216 Å². The van der Waals surface area contributed by atoms with E-state index < -0.39 is 16.1 Å². The third-order valence-electron chi connectivity index (χ3n) is 6.25.